The molecule has 0 aliphatic rings. The van der Waals surface area contributed by atoms with Crippen LogP contribution in [0.4, 0.5) is 0 Å². The summed E-state index contributed by atoms with van der Waals surface area (Å²) in [6.07, 6.45) is 86.0. The second-order valence-corrected chi connectivity index (χ2v) is 22.3. The summed E-state index contributed by atoms with van der Waals surface area (Å²) in [5.41, 5.74) is 5.38. The molecular weight excluding hydrogens is 990 g/mol. The lowest BCUT2D eigenvalue weighted by atomic mass is 10.0. The van der Waals surface area contributed by atoms with Gasteiger partial charge in [-0.15, -0.1) is 0 Å². The van der Waals surface area contributed by atoms with Crippen molar-refractivity contribution in [1.29, 1.82) is 0 Å². The van der Waals surface area contributed by atoms with Gasteiger partial charge in [0.05, 0.1) is 13.2 Å². The lowest BCUT2D eigenvalue weighted by molar-refractivity contribution is -0.161. The Morgan fingerprint density at radius 3 is 1.06 bits per heavy atom. The van der Waals surface area contributed by atoms with Crippen LogP contribution < -0.4 is 5.73 Å². The Bertz CT molecular complexity index is 1640. The van der Waals surface area contributed by atoms with E-state index in [0.29, 0.717) is 6.42 Å². The maximum atomic E-state index is 12.7. The average molecular weight is 1110 g/mol. The summed E-state index contributed by atoms with van der Waals surface area (Å²) < 4.78 is 33.0. The summed E-state index contributed by atoms with van der Waals surface area (Å²) in [7, 11) is -4.39. The Morgan fingerprint density at radius 1 is 0.397 bits per heavy atom. The highest BCUT2D eigenvalue weighted by Crippen LogP contribution is 2.43. The number of rotatable bonds is 59. The van der Waals surface area contributed by atoms with Gasteiger partial charge < -0.3 is 20.1 Å². The van der Waals surface area contributed by atoms with Gasteiger partial charge in [-0.3, -0.25) is 18.6 Å². The van der Waals surface area contributed by atoms with E-state index in [4.69, 9.17) is 24.3 Å². The zero-order valence-electron chi connectivity index (χ0n) is 50.1. The maximum absolute atomic E-state index is 12.7. The average Bonchev–Trinajstić information content (AvgIpc) is 3.43. The van der Waals surface area contributed by atoms with E-state index in [-0.39, 0.29) is 38.6 Å². The number of phosphoric acid groups is 1. The number of carbonyl (C=O) groups excluding carboxylic acids is 2. The molecule has 78 heavy (non-hydrogen) atoms. The molecule has 9 nitrogen and oxygen atoms in total. The van der Waals surface area contributed by atoms with E-state index in [0.717, 1.165) is 109 Å². The minimum atomic E-state index is -4.39. The smallest absolute Gasteiger partial charge is 0.462 e. The van der Waals surface area contributed by atoms with E-state index in [9.17, 15) is 19.0 Å². The van der Waals surface area contributed by atoms with Gasteiger partial charge in [0, 0.05) is 19.4 Å². The van der Waals surface area contributed by atoms with Crippen LogP contribution in [-0.4, -0.2) is 49.3 Å². The van der Waals surface area contributed by atoms with Gasteiger partial charge in [0.25, 0.3) is 0 Å². The molecule has 0 aromatic rings. The fourth-order valence-electron chi connectivity index (χ4n) is 8.71. The number of unbranched alkanes of at least 4 members (excludes halogenated alkanes) is 28. The van der Waals surface area contributed by atoms with Gasteiger partial charge in [0.2, 0.25) is 0 Å². The van der Waals surface area contributed by atoms with Crippen molar-refractivity contribution in [2.45, 2.75) is 283 Å². The topological polar surface area (TPSA) is 134 Å². The maximum Gasteiger partial charge on any atom is 0.472 e. The van der Waals surface area contributed by atoms with Crippen molar-refractivity contribution in [2.24, 2.45) is 5.73 Å². The van der Waals surface area contributed by atoms with Crippen LogP contribution in [0.25, 0.3) is 0 Å². The zero-order chi connectivity index (χ0) is 56.6. The first-order valence-electron chi connectivity index (χ1n) is 31.9. The van der Waals surface area contributed by atoms with Crippen molar-refractivity contribution in [3.8, 4) is 0 Å². The van der Waals surface area contributed by atoms with E-state index < -0.39 is 26.5 Å². The van der Waals surface area contributed by atoms with Crippen LogP contribution in [0, 0.1) is 0 Å². The van der Waals surface area contributed by atoms with Crippen LogP contribution in [0.2, 0.25) is 0 Å². The first kappa shape index (κ1) is 74.7. The number of nitrogens with two attached hydrogens (primary N) is 1. The number of hydrogen-bond donors (Lipinski definition) is 2. The molecule has 0 saturated carbocycles. The third kappa shape index (κ3) is 61.9. The largest absolute Gasteiger partial charge is 0.472 e. The molecule has 0 aliphatic heterocycles. The molecule has 0 heterocycles. The van der Waals surface area contributed by atoms with Crippen LogP contribution in [0.5, 0.6) is 0 Å². The number of allylic oxidation sites excluding steroid dienone is 18. The molecule has 2 unspecified atom stereocenters. The van der Waals surface area contributed by atoms with Crippen LogP contribution in [0.15, 0.2) is 109 Å². The summed E-state index contributed by atoms with van der Waals surface area (Å²) in [6.45, 7) is 3.63. The monoisotopic (exact) mass is 1110 g/mol. The van der Waals surface area contributed by atoms with Crippen LogP contribution >= 0.6 is 7.82 Å². The Balaban J connectivity index is 3.86. The zero-order valence-corrected chi connectivity index (χ0v) is 51.0. The molecule has 0 saturated heterocycles. The minimum Gasteiger partial charge on any atom is -0.462 e. The van der Waals surface area contributed by atoms with Gasteiger partial charge in [-0.1, -0.05) is 271 Å². The van der Waals surface area contributed by atoms with E-state index in [1.807, 2.05) is 0 Å². The van der Waals surface area contributed by atoms with E-state index in [1.165, 1.54) is 135 Å². The molecule has 10 heteroatoms. The van der Waals surface area contributed by atoms with Crippen molar-refractivity contribution in [3.05, 3.63) is 109 Å². The van der Waals surface area contributed by atoms with E-state index in [2.05, 4.69) is 123 Å². The van der Waals surface area contributed by atoms with Gasteiger partial charge in [-0.05, 0) is 103 Å². The number of carbonyl (C=O) groups is 2. The SMILES string of the molecule is CC/C=C\C/C=C\C/C=C\C/C=C\C/C=C\C/C=C\C/C=C\C/C=C\CCCCCCCCCCCCCCCCCCC(=O)OC(COC(=O)CCCCCCC/C=C\CCCCCCCCC)COP(=O)(O)OCCN. The number of ether oxygens (including phenoxy) is 2. The van der Waals surface area contributed by atoms with Gasteiger partial charge in [-0.25, -0.2) is 4.57 Å². The van der Waals surface area contributed by atoms with Gasteiger partial charge in [-0.2, -0.15) is 0 Å². The summed E-state index contributed by atoms with van der Waals surface area (Å²) >= 11 is 0. The van der Waals surface area contributed by atoms with Gasteiger partial charge in [0.15, 0.2) is 6.10 Å². The standard InChI is InChI=1S/C68H118NO8P/c1-3-5-7-9-11-13-15-17-19-21-22-23-24-25-26-27-28-29-30-31-32-33-34-35-36-37-38-39-40-41-42-43-44-45-47-49-51-53-55-57-59-61-68(71)77-66(65-76-78(72,73)75-63-62-69)64-74-67(70)60-58-56-54-52-50-48-46-20-18-16-14-12-10-8-6-4-2/h5,7,11,13,17,19-20,22-23,25-26,28-29,31-32,34-35,46,66H,3-4,6,8-10,12,14-16,18,21,24,27,30,33,36-45,47-65,69H2,1-2H3,(H,72,73)/b7-5-,13-11-,19-17-,23-22-,26-25-,29-28-,32-31-,35-34-,46-20-. The molecular formula is C68H118NO8P. The molecule has 448 valence electrons. The van der Waals surface area contributed by atoms with Crippen molar-refractivity contribution in [1.82, 2.24) is 0 Å². The highest BCUT2D eigenvalue weighted by molar-refractivity contribution is 7.47. The fourth-order valence-corrected chi connectivity index (χ4v) is 9.47. The number of esters is 2. The molecule has 0 bridgehead atoms. The Morgan fingerprint density at radius 2 is 0.705 bits per heavy atom. The highest BCUT2D eigenvalue weighted by Gasteiger charge is 2.26. The van der Waals surface area contributed by atoms with Gasteiger partial charge in [0.1, 0.15) is 6.61 Å². The van der Waals surface area contributed by atoms with Crippen molar-refractivity contribution < 1.29 is 37.6 Å². The van der Waals surface area contributed by atoms with Crippen molar-refractivity contribution in [2.75, 3.05) is 26.4 Å². The van der Waals surface area contributed by atoms with Crippen LogP contribution in [0.1, 0.15) is 277 Å². The summed E-state index contributed by atoms with van der Waals surface area (Å²) in [5.74, 6) is -0.834. The first-order chi connectivity index (χ1) is 38.3. The first-order valence-corrected chi connectivity index (χ1v) is 33.4. The minimum absolute atomic E-state index is 0.0499. The molecule has 0 aromatic heterocycles. The molecule has 0 spiro atoms. The molecule has 0 aliphatic carbocycles. The molecule has 0 radical (unpaired) electrons. The second kappa shape index (κ2) is 62.9. The van der Waals surface area contributed by atoms with Crippen LogP contribution in [-0.2, 0) is 32.7 Å². The van der Waals surface area contributed by atoms with Crippen molar-refractivity contribution >= 4 is 19.8 Å². The Labute approximate surface area is 479 Å². The quantitative estimate of drug-likeness (QED) is 0.0264. The predicted octanol–water partition coefficient (Wildman–Crippen LogP) is 20.6. The third-order valence-corrected chi connectivity index (χ3v) is 14.4. The normalized spacial score (nSPS) is 13.7. The van der Waals surface area contributed by atoms with Crippen LogP contribution in [0.3, 0.4) is 0 Å². The second-order valence-electron chi connectivity index (χ2n) is 20.9. The van der Waals surface area contributed by atoms with E-state index in [1.54, 1.807) is 0 Å². The molecule has 2 atom stereocenters. The Kier molecular flexibility index (Phi) is 60.2. The molecule has 3 N–H and O–H groups in total. The summed E-state index contributed by atoms with van der Waals surface area (Å²) in [6, 6.07) is 0. The number of hydrogen-bond acceptors (Lipinski definition) is 8. The van der Waals surface area contributed by atoms with E-state index >= 15 is 0 Å². The highest BCUT2D eigenvalue weighted by atomic mass is 31.2. The third-order valence-electron chi connectivity index (χ3n) is 13.4. The predicted molar refractivity (Wildman–Crippen MR) is 335 cm³/mol. The fraction of sp³-hybridized carbons (Fsp3) is 0.706. The molecule has 0 fully saturated rings. The lowest BCUT2D eigenvalue weighted by Crippen LogP contribution is -2.29. The molecule has 0 amide bonds. The summed E-state index contributed by atoms with van der Waals surface area (Å²) in [5, 5.41) is 0. The number of phosphoric ester groups is 1. The molecule has 0 aromatic carbocycles. The summed E-state index contributed by atoms with van der Waals surface area (Å²) in [4.78, 5) is 35.2. The lowest BCUT2D eigenvalue weighted by Gasteiger charge is -2.19. The van der Waals surface area contributed by atoms with Crippen molar-refractivity contribution in [3.63, 3.8) is 0 Å². The van der Waals surface area contributed by atoms with Gasteiger partial charge >= 0.3 is 19.8 Å². The molecule has 0 rings (SSSR count). The Hall–Kier alpha value is -3.33.